The Bertz CT molecular complexity index is 2700. The summed E-state index contributed by atoms with van der Waals surface area (Å²) in [5.41, 5.74) is 10.1. The Morgan fingerprint density at radius 3 is 2.45 bits per heavy atom. The van der Waals surface area contributed by atoms with Gasteiger partial charge in [0.25, 0.3) is 0 Å². The number of fused-ring (bicyclic) bond motifs is 2. The van der Waals surface area contributed by atoms with Crippen molar-refractivity contribution in [3.8, 4) is 72.8 Å². The molecule has 0 atom stereocenters. The normalized spacial score (nSPS) is 11.7. The lowest BCUT2D eigenvalue weighted by atomic mass is 9.86. The van der Waals surface area contributed by atoms with Gasteiger partial charge < -0.3 is 9.51 Å². The number of para-hydroxylation sites is 1. The zero-order chi connectivity index (χ0) is 32.3. The van der Waals surface area contributed by atoms with Crippen LogP contribution in [0.2, 0.25) is 0 Å². The molecule has 2 N–H and O–H groups in total. The van der Waals surface area contributed by atoms with Crippen LogP contribution in [0, 0.1) is 0 Å². The molecular formula is C34H19N11OS3. The minimum absolute atomic E-state index is 0.533. The maximum atomic E-state index is 5.45. The number of aromatic nitrogens is 11. The Hall–Kier alpha value is -6.16. The minimum Gasteiger partial charge on any atom is -0.348 e. The third kappa shape index (κ3) is 4.26. The molecule has 15 heteroatoms. The van der Waals surface area contributed by atoms with Gasteiger partial charge >= 0.3 is 0 Å². The van der Waals surface area contributed by atoms with E-state index in [0.29, 0.717) is 11.4 Å². The molecule has 0 spiro atoms. The van der Waals surface area contributed by atoms with Gasteiger partial charge in [-0.3, -0.25) is 14.6 Å². The third-order valence-corrected chi connectivity index (χ3v) is 10.3. The van der Waals surface area contributed by atoms with Crippen LogP contribution >= 0.6 is 34.4 Å². The van der Waals surface area contributed by atoms with E-state index in [1.165, 1.54) is 34.4 Å². The van der Waals surface area contributed by atoms with Crippen LogP contribution < -0.4 is 0 Å². The molecule has 8 aromatic heterocycles. The second-order valence-corrected chi connectivity index (χ2v) is 13.1. The van der Waals surface area contributed by atoms with Gasteiger partial charge in [0.15, 0.2) is 6.26 Å². The van der Waals surface area contributed by atoms with Crippen LogP contribution in [0.15, 0.2) is 106 Å². The lowest BCUT2D eigenvalue weighted by Gasteiger charge is -2.19. The van der Waals surface area contributed by atoms with Crippen LogP contribution in [-0.4, -0.2) is 54.0 Å². The lowest BCUT2D eigenvalue weighted by Crippen LogP contribution is -2.02. The zero-order valence-electron chi connectivity index (χ0n) is 25.0. The number of pyridine rings is 1. The Labute approximate surface area is 288 Å². The standard InChI is InChI=1S/C34H19N11OS3/c1-2-7-19-18(6-1)31(41-38-19)33-27(20-8-3-4-11-35-20)29-26(23-17-49-44-40-23)25(21-10-14-48-42-21)30(34-37-13-15-47-34)28(22-16-46-43-39-22)32(29)45(33)24-9-5-12-36-24/h1-17,36H,(H,38,41). The summed E-state index contributed by atoms with van der Waals surface area (Å²) in [4.78, 5) is 13.3. The van der Waals surface area contributed by atoms with Crippen molar-refractivity contribution in [1.29, 1.82) is 0 Å². The highest BCUT2D eigenvalue weighted by Crippen LogP contribution is 2.56. The molecule has 234 valence electrons. The highest BCUT2D eigenvalue weighted by atomic mass is 32.1. The molecule has 10 aromatic rings. The number of rotatable bonds is 7. The van der Waals surface area contributed by atoms with Crippen molar-refractivity contribution < 1.29 is 4.52 Å². The molecule has 0 aliphatic rings. The Morgan fingerprint density at radius 2 is 1.69 bits per heavy atom. The van der Waals surface area contributed by atoms with Crippen molar-refractivity contribution in [1.82, 2.24) is 54.0 Å². The zero-order valence-corrected chi connectivity index (χ0v) is 27.4. The Balaban J connectivity index is 1.57. The summed E-state index contributed by atoms with van der Waals surface area (Å²) >= 11 is 4.20. The molecule has 0 saturated carbocycles. The minimum atomic E-state index is 0.533. The molecule has 12 nitrogen and oxygen atoms in total. The fourth-order valence-electron chi connectivity index (χ4n) is 6.59. The van der Waals surface area contributed by atoms with E-state index >= 15 is 0 Å². The van der Waals surface area contributed by atoms with Crippen LogP contribution in [0.5, 0.6) is 0 Å². The number of thiazole rings is 1. The first-order chi connectivity index (χ1) is 24.4. The summed E-state index contributed by atoms with van der Waals surface area (Å²) in [6.45, 7) is 0. The van der Waals surface area contributed by atoms with Gasteiger partial charge in [-0.1, -0.05) is 28.8 Å². The average Bonchev–Trinajstić information content (AvgIpc) is 3.99. The number of nitrogens with zero attached hydrogens (tertiary/aromatic N) is 9. The van der Waals surface area contributed by atoms with E-state index in [9.17, 15) is 0 Å². The van der Waals surface area contributed by atoms with Gasteiger partial charge in [0, 0.05) is 78.6 Å². The predicted octanol–water partition coefficient (Wildman–Crippen LogP) is 8.38. The van der Waals surface area contributed by atoms with Crippen molar-refractivity contribution in [3.05, 3.63) is 102 Å². The van der Waals surface area contributed by atoms with Gasteiger partial charge in [-0.25, -0.2) is 4.98 Å². The van der Waals surface area contributed by atoms with Crippen molar-refractivity contribution in [2.24, 2.45) is 0 Å². The molecule has 0 amide bonds. The maximum absolute atomic E-state index is 5.45. The number of H-pyrrole nitrogens is 2. The van der Waals surface area contributed by atoms with Crippen LogP contribution in [0.3, 0.4) is 0 Å². The third-order valence-electron chi connectivity index (χ3n) is 8.42. The highest BCUT2D eigenvalue weighted by molar-refractivity contribution is 7.13. The van der Waals surface area contributed by atoms with Crippen molar-refractivity contribution in [2.45, 2.75) is 0 Å². The molecule has 0 saturated heterocycles. The maximum Gasteiger partial charge on any atom is 0.152 e. The van der Waals surface area contributed by atoms with Gasteiger partial charge in [-0.2, -0.15) is 9.47 Å². The first kappa shape index (κ1) is 27.9. The van der Waals surface area contributed by atoms with Gasteiger partial charge in [0.05, 0.1) is 28.1 Å². The fourth-order valence-corrected chi connectivity index (χ4v) is 8.24. The monoisotopic (exact) mass is 693 g/mol. The molecule has 10 rings (SSSR count). The van der Waals surface area contributed by atoms with Gasteiger partial charge in [0.1, 0.15) is 27.9 Å². The first-order valence-corrected chi connectivity index (χ1v) is 17.5. The molecule has 0 fully saturated rings. The van der Waals surface area contributed by atoms with Crippen LogP contribution in [0.4, 0.5) is 0 Å². The second kappa shape index (κ2) is 11.2. The topological polar surface area (TPSA) is 153 Å². The molecule has 0 radical (unpaired) electrons. The largest absolute Gasteiger partial charge is 0.348 e. The van der Waals surface area contributed by atoms with Gasteiger partial charge in [0.2, 0.25) is 0 Å². The average molecular weight is 694 g/mol. The van der Waals surface area contributed by atoms with E-state index in [1.54, 1.807) is 18.7 Å². The summed E-state index contributed by atoms with van der Waals surface area (Å²) in [7, 11) is 0. The predicted molar refractivity (Wildman–Crippen MR) is 190 cm³/mol. The molecule has 2 aromatic carbocycles. The second-order valence-electron chi connectivity index (χ2n) is 11.0. The molecule has 0 unspecified atom stereocenters. The highest BCUT2D eigenvalue weighted by Gasteiger charge is 2.36. The molecular weight excluding hydrogens is 675 g/mol. The number of benzene rings is 2. The summed E-state index contributed by atoms with van der Waals surface area (Å²) in [5.74, 6) is 0.806. The van der Waals surface area contributed by atoms with Crippen LogP contribution in [0.25, 0.3) is 94.6 Å². The number of hydrogen-bond donors (Lipinski definition) is 2. The molecule has 0 bridgehead atoms. The van der Waals surface area contributed by atoms with E-state index in [-0.39, 0.29) is 0 Å². The Morgan fingerprint density at radius 1 is 0.735 bits per heavy atom. The molecule has 0 aliphatic carbocycles. The fraction of sp³-hybridized carbons (Fsp3) is 0. The van der Waals surface area contributed by atoms with Crippen LogP contribution in [0.1, 0.15) is 0 Å². The van der Waals surface area contributed by atoms with E-state index in [0.717, 1.165) is 83.2 Å². The van der Waals surface area contributed by atoms with Gasteiger partial charge in [-0.05, 0) is 59.5 Å². The van der Waals surface area contributed by atoms with E-state index in [4.69, 9.17) is 29.1 Å². The summed E-state index contributed by atoms with van der Waals surface area (Å²) in [6.07, 6.45) is 7.07. The molecule has 49 heavy (non-hydrogen) atoms. The van der Waals surface area contributed by atoms with Crippen molar-refractivity contribution >= 4 is 56.2 Å². The first-order valence-electron chi connectivity index (χ1n) is 15.0. The SMILES string of the molecule is c1ccc(-c2c(-c3n[nH]c4ccccc34)n(-c3ccc[nH]3)c3c(-c4conn4)c(-c4nccs4)c(-c4ccsn4)c(-c4csnn4)c23)nc1. The molecule has 8 heterocycles. The van der Waals surface area contributed by atoms with E-state index in [1.807, 2.05) is 76.9 Å². The van der Waals surface area contributed by atoms with E-state index < -0.39 is 0 Å². The summed E-state index contributed by atoms with van der Waals surface area (Å²) in [5, 5.41) is 29.9. The summed E-state index contributed by atoms with van der Waals surface area (Å²) in [6, 6.07) is 20.0. The van der Waals surface area contributed by atoms with Crippen molar-refractivity contribution in [3.63, 3.8) is 0 Å². The number of hydrogen-bond acceptors (Lipinski definition) is 12. The summed E-state index contributed by atoms with van der Waals surface area (Å²) < 4.78 is 16.9. The molecule has 0 aliphatic heterocycles. The Kier molecular flexibility index (Phi) is 6.39. The number of nitrogens with one attached hydrogen (secondary N) is 2. The van der Waals surface area contributed by atoms with Crippen LogP contribution in [-0.2, 0) is 0 Å². The lowest BCUT2D eigenvalue weighted by molar-refractivity contribution is 0.393. The quantitative estimate of drug-likeness (QED) is 0.168. The number of aromatic amines is 2. The van der Waals surface area contributed by atoms with Gasteiger partial charge in [-0.15, -0.1) is 21.5 Å². The van der Waals surface area contributed by atoms with Crippen molar-refractivity contribution in [2.75, 3.05) is 0 Å². The van der Waals surface area contributed by atoms with E-state index in [2.05, 4.69) is 35.6 Å². The smallest absolute Gasteiger partial charge is 0.152 e.